The molecular weight excluding hydrogens is 388 g/mol. The lowest BCUT2D eigenvalue weighted by atomic mass is 9.87. The average Bonchev–Trinajstić information content (AvgIpc) is 3.17. The van der Waals surface area contributed by atoms with Crippen LogP contribution in [0.2, 0.25) is 0 Å². The van der Waals surface area contributed by atoms with E-state index in [0.717, 1.165) is 16.7 Å². The highest BCUT2D eigenvalue weighted by molar-refractivity contribution is 7.19. The van der Waals surface area contributed by atoms with Gasteiger partial charge in [0.15, 0.2) is 0 Å². The van der Waals surface area contributed by atoms with Crippen LogP contribution in [0, 0.1) is 6.92 Å². The predicted molar refractivity (Wildman–Crippen MR) is 113 cm³/mol. The Morgan fingerprint density at radius 1 is 1.00 bits per heavy atom. The van der Waals surface area contributed by atoms with E-state index in [1.165, 1.54) is 15.0 Å². The van der Waals surface area contributed by atoms with Crippen molar-refractivity contribution in [2.75, 3.05) is 6.61 Å². The molecule has 1 unspecified atom stereocenters. The Morgan fingerprint density at radius 2 is 1.76 bits per heavy atom. The van der Waals surface area contributed by atoms with E-state index in [-0.39, 0.29) is 5.92 Å². The summed E-state index contributed by atoms with van der Waals surface area (Å²) < 4.78 is 6.98. The SMILES string of the molecule is Cc1ccc([C@@H]2O[C@H](CO)[C@@H](O)[C@H](O)[C@H]2O)cc1C(C)c1cc2ccccc2s1. The first-order chi connectivity index (χ1) is 13.9. The van der Waals surface area contributed by atoms with Gasteiger partial charge in [-0.15, -0.1) is 11.3 Å². The lowest BCUT2D eigenvalue weighted by Crippen LogP contribution is -2.55. The topological polar surface area (TPSA) is 90.2 Å². The third-order valence-corrected chi connectivity index (χ3v) is 7.16. The first kappa shape index (κ1) is 20.5. The number of rotatable bonds is 4. The lowest BCUT2D eigenvalue weighted by molar-refractivity contribution is -0.231. The van der Waals surface area contributed by atoms with Crippen LogP contribution >= 0.6 is 11.3 Å². The Hall–Kier alpha value is -1.80. The van der Waals surface area contributed by atoms with Crippen LogP contribution in [-0.2, 0) is 4.74 Å². The van der Waals surface area contributed by atoms with Crippen LogP contribution in [0.5, 0.6) is 0 Å². The Bertz CT molecular complexity index is 965. The van der Waals surface area contributed by atoms with Crippen LogP contribution in [0.25, 0.3) is 10.1 Å². The second-order valence-corrected chi connectivity index (χ2v) is 8.89. The van der Waals surface area contributed by atoms with E-state index in [4.69, 9.17) is 4.74 Å². The Kier molecular flexibility index (Phi) is 5.75. The molecule has 0 saturated carbocycles. The van der Waals surface area contributed by atoms with Gasteiger partial charge in [-0.25, -0.2) is 0 Å². The molecule has 0 bridgehead atoms. The fourth-order valence-corrected chi connectivity index (χ4v) is 5.18. The van der Waals surface area contributed by atoms with Gasteiger partial charge in [0.1, 0.15) is 30.5 Å². The molecule has 4 rings (SSSR count). The highest BCUT2D eigenvalue weighted by atomic mass is 32.1. The van der Waals surface area contributed by atoms with Gasteiger partial charge in [0.05, 0.1) is 6.61 Å². The van der Waals surface area contributed by atoms with Gasteiger partial charge in [-0.1, -0.05) is 43.3 Å². The standard InChI is InChI=1S/C23H26O5S/c1-12-7-8-15(23-22(27)21(26)20(25)17(11-24)28-23)9-16(12)13(2)19-10-14-5-3-4-6-18(14)29-19/h3-10,13,17,20-27H,11H2,1-2H3/t13?,17-,20-,21+,22-,23+/m1/s1. The minimum atomic E-state index is -1.38. The fourth-order valence-electron chi connectivity index (χ4n) is 4.05. The van der Waals surface area contributed by atoms with Gasteiger partial charge < -0.3 is 25.2 Å². The maximum absolute atomic E-state index is 10.5. The average molecular weight is 415 g/mol. The molecule has 0 spiro atoms. The Balaban J connectivity index is 1.68. The second-order valence-electron chi connectivity index (χ2n) is 7.77. The molecule has 0 radical (unpaired) electrons. The maximum atomic E-state index is 10.5. The smallest absolute Gasteiger partial charge is 0.113 e. The summed E-state index contributed by atoms with van der Waals surface area (Å²) in [6.45, 7) is 3.78. The molecule has 1 fully saturated rings. The van der Waals surface area contributed by atoms with Crippen LogP contribution in [0.4, 0.5) is 0 Å². The number of hydrogen-bond donors (Lipinski definition) is 4. The zero-order chi connectivity index (χ0) is 20.7. The van der Waals surface area contributed by atoms with Crippen molar-refractivity contribution in [1.29, 1.82) is 0 Å². The molecule has 2 heterocycles. The number of benzene rings is 2. The van der Waals surface area contributed by atoms with Gasteiger partial charge >= 0.3 is 0 Å². The number of aryl methyl sites for hydroxylation is 1. The molecular formula is C23H26O5S. The zero-order valence-corrected chi connectivity index (χ0v) is 17.2. The number of fused-ring (bicyclic) bond motifs is 1. The van der Waals surface area contributed by atoms with Gasteiger partial charge in [-0.05, 0) is 41.1 Å². The monoisotopic (exact) mass is 414 g/mol. The second kappa shape index (κ2) is 8.14. The summed E-state index contributed by atoms with van der Waals surface area (Å²) in [5.74, 6) is 0.150. The summed E-state index contributed by atoms with van der Waals surface area (Å²) in [6.07, 6.45) is -5.74. The maximum Gasteiger partial charge on any atom is 0.113 e. The molecule has 6 atom stereocenters. The summed E-state index contributed by atoms with van der Waals surface area (Å²) in [5, 5.41) is 41.3. The van der Waals surface area contributed by atoms with Crippen molar-refractivity contribution >= 4 is 21.4 Å². The number of ether oxygens (including phenoxy) is 1. The quantitative estimate of drug-likeness (QED) is 0.527. The molecule has 29 heavy (non-hydrogen) atoms. The van der Waals surface area contributed by atoms with Crippen molar-refractivity contribution < 1.29 is 25.2 Å². The van der Waals surface area contributed by atoms with Gasteiger partial charge in [0.2, 0.25) is 0 Å². The Labute approximate surface area is 173 Å². The minimum Gasteiger partial charge on any atom is -0.394 e. The molecule has 5 nitrogen and oxygen atoms in total. The third kappa shape index (κ3) is 3.72. The molecule has 3 aromatic rings. The molecule has 0 aliphatic carbocycles. The molecule has 1 aromatic heterocycles. The summed E-state index contributed by atoms with van der Waals surface area (Å²) >= 11 is 1.77. The van der Waals surface area contributed by atoms with Crippen LogP contribution in [0.15, 0.2) is 48.5 Å². The van der Waals surface area contributed by atoms with Crippen molar-refractivity contribution in [3.05, 3.63) is 70.1 Å². The molecule has 0 amide bonds. The van der Waals surface area contributed by atoms with Crippen LogP contribution in [0.3, 0.4) is 0 Å². The highest BCUT2D eigenvalue weighted by Crippen LogP contribution is 2.38. The molecule has 4 N–H and O–H groups in total. The van der Waals surface area contributed by atoms with Crippen molar-refractivity contribution in [3.8, 4) is 0 Å². The molecule has 2 aromatic carbocycles. The van der Waals surface area contributed by atoms with E-state index in [0.29, 0.717) is 0 Å². The molecule has 1 saturated heterocycles. The van der Waals surface area contributed by atoms with Gasteiger partial charge in [-0.3, -0.25) is 0 Å². The number of thiophene rings is 1. The van der Waals surface area contributed by atoms with Gasteiger partial charge in [0.25, 0.3) is 0 Å². The molecule has 154 valence electrons. The van der Waals surface area contributed by atoms with E-state index in [1.807, 2.05) is 30.3 Å². The number of hydrogen-bond acceptors (Lipinski definition) is 6. The van der Waals surface area contributed by atoms with E-state index in [2.05, 4.69) is 32.0 Å². The van der Waals surface area contributed by atoms with Crippen molar-refractivity contribution in [3.63, 3.8) is 0 Å². The summed E-state index contributed by atoms with van der Waals surface area (Å²) in [4.78, 5) is 1.25. The Morgan fingerprint density at radius 3 is 2.48 bits per heavy atom. The zero-order valence-electron chi connectivity index (χ0n) is 16.4. The van der Waals surface area contributed by atoms with Crippen LogP contribution in [-0.4, -0.2) is 51.4 Å². The predicted octanol–water partition coefficient (Wildman–Crippen LogP) is 2.88. The van der Waals surface area contributed by atoms with Crippen molar-refractivity contribution in [1.82, 2.24) is 0 Å². The largest absolute Gasteiger partial charge is 0.394 e. The lowest BCUT2D eigenvalue weighted by Gasteiger charge is -2.40. The van der Waals surface area contributed by atoms with Crippen molar-refractivity contribution in [2.24, 2.45) is 0 Å². The van der Waals surface area contributed by atoms with E-state index < -0.39 is 37.1 Å². The van der Waals surface area contributed by atoms with E-state index in [9.17, 15) is 20.4 Å². The summed E-state index contributed by atoms with van der Waals surface area (Å²) in [6, 6.07) is 16.4. The summed E-state index contributed by atoms with van der Waals surface area (Å²) in [5.41, 5.74) is 2.96. The molecule has 1 aliphatic rings. The van der Waals surface area contributed by atoms with Crippen LogP contribution < -0.4 is 0 Å². The molecule has 6 heteroatoms. The van der Waals surface area contributed by atoms with E-state index >= 15 is 0 Å². The third-order valence-electron chi connectivity index (χ3n) is 5.86. The first-order valence-electron chi connectivity index (χ1n) is 9.80. The summed E-state index contributed by atoms with van der Waals surface area (Å²) in [7, 11) is 0. The van der Waals surface area contributed by atoms with Crippen LogP contribution in [0.1, 0.15) is 40.5 Å². The normalized spacial score (nSPS) is 28.6. The number of aliphatic hydroxyl groups excluding tert-OH is 4. The first-order valence-corrected chi connectivity index (χ1v) is 10.6. The van der Waals surface area contributed by atoms with Crippen molar-refractivity contribution in [2.45, 2.75) is 50.3 Å². The molecule has 1 aliphatic heterocycles. The van der Waals surface area contributed by atoms with E-state index in [1.54, 1.807) is 11.3 Å². The van der Waals surface area contributed by atoms with Gasteiger partial charge in [0, 0.05) is 15.5 Å². The number of aliphatic hydroxyl groups is 4. The highest BCUT2D eigenvalue weighted by Gasteiger charge is 2.44. The van der Waals surface area contributed by atoms with Gasteiger partial charge in [-0.2, -0.15) is 0 Å². The minimum absolute atomic E-state index is 0.150. The fraction of sp³-hybridized carbons (Fsp3) is 0.391.